The van der Waals surface area contributed by atoms with E-state index in [0.717, 1.165) is 42.9 Å². The number of halogens is 2. The molecule has 1 amide bonds. The van der Waals surface area contributed by atoms with Gasteiger partial charge in [0.15, 0.2) is 5.82 Å². The van der Waals surface area contributed by atoms with E-state index in [2.05, 4.69) is 20.3 Å². The van der Waals surface area contributed by atoms with Crippen molar-refractivity contribution in [3.8, 4) is 5.75 Å². The van der Waals surface area contributed by atoms with Gasteiger partial charge >= 0.3 is 6.61 Å². The second kappa shape index (κ2) is 10.0. The number of anilines is 3. The first-order valence-corrected chi connectivity index (χ1v) is 9.90. The monoisotopic (exact) mass is 416 g/mol. The highest BCUT2D eigenvalue weighted by Crippen LogP contribution is 2.29. The largest absolute Gasteiger partial charge is 0.435 e. The van der Waals surface area contributed by atoms with Crippen LogP contribution in [0.2, 0.25) is 0 Å². The van der Waals surface area contributed by atoms with Crippen LogP contribution in [0.4, 0.5) is 26.1 Å². The van der Waals surface area contributed by atoms with Gasteiger partial charge in [0.1, 0.15) is 11.6 Å². The molecule has 0 unspecified atom stereocenters. The quantitative estimate of drug-likeness (QED) is 0.605. The maximum absolute atomic E-state index is 12.3. The average molecular weight is 416 g/mol. The Bertz CT molecular complexity index is 891. The Kier molecular flexibility index (Phi) is 7.21. The molecule has 2 heterocycles. The molecule has 160 valence electrons. The fraction of sp³-hybridized carbons (Fsp3) is 0.364. The van der Waals surface area contributed by atoms with E-state index in [0.29, 0.717) is 18.1 Å². The average Bonchev–Trinajstić information content (AvgIpc) is 3.22. The van der Waals surface area contributed by atoms with E-state index in [1.54, 1.807) is 18.2 Å². The number of hydrogen-bond acceptors (Lipinski definition) is 5. The van der Waals surface area contributed by atoms with Crippen molar-refractivity contribution in [1.29, 1.82) is 0 Å². The van der Waals surface area contributed by atoms with Crippen molar-refractivity contribution >= 4 is 23.2 Å². The van der Waals surface area contributed by atoms with Crippen LogP contribution >= 0.6 is 0 Å². The van der Waals surface area contributed by atoms with Crippen LogP contribution in [0.15, 0.2) is 48.0 Å². The van der Waals surface area contributed by atoms with E-state index in [-0.39, 0.29) is 11.7 Å². The van der Waals surface area contributed by atoms with Crippen molar-refractivity contribution < 1.29 is 18.3 Å². The molecule has 0 atom stereocenters. The lowest BCUT2D eigenvalue weighted by atomic mass is 10.2. The highest BCUT2D eigenvalue weighted by atomic mass is 19.3. The summed E-state index contributed by atoms with van der Waals surface area (Å²) in [5.41, 5.74) is 2.51. The van der Waals surface area contributed by atoms with Crippen LogP contribution in [0.3, 0.4) is 0 Å². The molecule has 0 saturated carbocycles. The molecule has 3 rings (SSSR count). The van der Waals surface area contributed by atoms with Gasteiger partial charge in [0, 0.05) is 25.7 Å². The van der Waals surface area contributed by atoms with Crippen LogP contribution in [0, 0.1) is 0 Å². The van der Waals surface area contributed by atoms with Gasteiger partial charge in [-0.25, -0.2) is 4.98 Å². The van der Waals surface area contributed by atoms with Gasteiger partial charge in [0.2, 0.25) is 5.91 Å². The van der Waals surface area contributed by atoms with Gasteiger partial charge < -0.3 is 20.3 Å². The summed E-state index contributed by atoms with van der Waals surface area (Å²) >= 11 is 0. The number of ether oxygens (including phenoxy) is 1. The van der Waals surface area contributed by atoms with E-state index in [4.69, 9.17) is 4.98 Å². The van der Waals surface area contributed by atoms with Crippen molar-refractivity contribution in [1.82, 2.24) is 4.98 Å². The van der Waals surface area contributed by atoms with Crippen molar-refractivity contribution in [3.05, 3.63) is 53.6 Å². The number of carbonyl (C=O) groups excluding carboxylic acids is 1. The fourth-order valence-electron chi connectivity index (χ4n) is 3.23. The molecule has 1 aliphatic heterocycles. The van der Waals surface area contributed by atoms with E-state index in [1.807, 2.05) is 26.0 Å². The number of carbonyl (C=O) groups is 1. The minimum Gasteiger partial charge on any atom is -0.435 e. The first-order valence-electron chi connectivity index (χ1n) is 9.90. The molecule has 1 aromatic carbocycles. The number of nitrogens with zero attached hydrogens (tertiary/aromatic N) is 2. The van der Waals surface area contributed by atoms with Crippen LogP contribution < -0.4 is 20.3 Å². The van der Waals surface area contributed by atoms with Crippen LogP contribution in [0.5, 0.6) is 5.75 Å². The summed E-state index contributed by atoms with van der Waals surface area (Å²) in [6.45, 7) is 3.18. The van der Waals surface area contributed by atoms with Crippen molar-refractivity contribution in [2.75, 3.05) is 28.6 Å². The fourth-order valence-corrected chi connectivity index (χ4v) is 3.23. The lowest BCUT2D eigenvalue weighted by Crippen LogP contribution is -2.22. The predicted octanol–water partition coefficient (Wildman–Crippen LogP) is 4.80. The lowest BCUT2D eigenvalue weighted by Gasteiger charge is -2.21. The normalized spacial score (nSPS) is 13.3. The Morgan fingerprint density at radius 1 is 1.17 bits per heavy atom. The Morgan fingerprint density at radius 2 is 1.87 bits per heavy atom. The van der Waals surface area contributed by atoms with E-state index < -0.39 is 6.61 Å². The van der Waals surface area contributed by atoms with Crippen molar-refractivity contribution in [2.45, 2.75) is 39.8 Å². The molecule has 0 aliphatic carbocycles. The predicted molar refractivity (Wildman–Crippen MR) is 114 cm³/mol. The van der Waals surface area contributed by atoms with E-state index in [1.165, 1.54) is 12.1 Å². The summed E-state index contributed by atoms with van der Waals surface area (Å²) in [5.74, 6) is 1.36. The minimum atomic E-state index is -2.84. The number of allylic oxidation sites excluding steroid dienone is 1. The Labute approximate surface area is 174 Å². The second-order valence-corrected chi connectivity index (χ2v) is 7.35. The minimum absolute atomic E-state index is 0.125. The third-order valence-electron chi connectivity index (χ3n) is 4.58. The summed E-state index contributed by atoms with van der Waals surface area (Å²) in [7, 11) is 0. The van der Waals surface area contributed by atoms with E-state index in [9.17, 15) is 13.6 Å². The van der Waals surface area contributed by atoms with Crippen LogP contribution in [0.25, 0.3) is 0 Å². The van der Waals surface area contributed by atoms with Gasteiger partial charge in [-0.3, -0.25) is 4.79 Å². The van der Waals surface area contributed by atoms with E-state index >= 15 is 0 Å². The molecular formula is C22H26F2N4O2. The molecule has 1 aromatic heterocycles. The smallest absolute Gasteiger partial charge is 0.387 e. The number of amides is 1. The van der Waals surface area contributed by atoms with Crippen molar-refractivity contribution in [2.24, 2.45) is 0 Å². The number of alkyl halides is 2. The van der Waals surface area contributed by atoms with Crippen LogP contribution in [0.1, 0.15) is 32.3 Å². The number of rotatable bonds is 8. The standard InChI is InChI=1S/C22H26F2N4O2/c1-15(2)13-20(29)26-18-9-10-19(27-21(18)28-11-3-4-12-28)25-14-16-5-7-17(8-6-16)30-22(23)24/h5-10,13,22H,3-4,11-12,14H2,1-2H3,(H,25,27)(H,26,29). The molecule has 0 bridgehead atoms. The Morgan fingerprint density at radius 3 is 2.50 bits per heavy atom. The Hall–Kier alpha value is -3.16. The zero-order valence-electron chi connectivity index (χ0n) is 17.1. The molecular weight excluding hydrogens is 390 g/mol. The first kappa shape index (κ1) is 21.5. The summed E-state index contributed by atoms with van der Waals surface area (Å²) < 4.78 is 28.9. The molecule has 1 saturated heterocycles. The van der Waals surface area contributed by atoms with Gasteiger partial charge in [0.25, 0.3) is 0 Å². The van der Waals surface area contributed by atoms with Crippen LogP contribution in [-0.4, -0.2) is 30.6 Å². The Balaban J connectivity index is 1.71. The number of hydrogen-bond donors (Lipinski definition) is 2. The van der Waals surface area contributed by atoms with Gasteiger partial charge in [-0.05, 0) is 56.5 Å². The highest BCUT2D eigenvalue weighted by Gasteiger charge is 2.19. The topological polar surface area (TPSA) is 66.5 Å². The molecule has 2 N–H and O–H groups in total. The SMILES string of the molecule is CC(C)=CC(=O)Nc1ccc(NCc2ccc(OC(F)F)cc2)nc1N1CCCC1. The maximum Gasteiger partial charge on any atom is 0.387 e. The zero-order chi connectivity index (χ0) is 21.5. The summed E-state index contributed by atoms with van der Waals surface area (Å²) in [5, 5.41) is 6.17. The van der Waals surface area contributed by atoms with Gasteiger partial charge in [0.05, 0.1) is 5.69 Å². The third-order valence-corrected chi connectivity index (χ3v) is 4.58. The molecule has 1 fully saturated rings. The molecule has 8 heteroatoms. The zero-order valence-corrected chi connectivity index (χ0v) is 17.1. The van der Waals surface area contributed by atoms with Crippen LogP contribution in [-0.2, 0) is 11.3 Å². The number of benzene rings is 1. The van der Waals surface area contributed by atoms with Gasteiger partial charge in [-0.1, -0.05) is 17.7 Å². The molecule has 6 nitrogen and oxygen atoms in total. The maximum atomic E-state index is 12.3. The molecule has 0 spiro atoms. The molecule has 1 aliphatic rings. The number of aromatic nitrogens is 1. The highest BCUT2D eigenvalue weighted by molar-refractivity contribution is 6.01. The molecule has 2 aromatic rings. The first-order chi connectivity index (χ1) is 14.4. The van der Waals surface area contributed by atoms with Gasteiger partial charge in [-0.2, -0.15) is 8.78 Å². The third kappa shape index (κ3) is 6.17. The number of nitrogens with one attached hydrogen (secondary N) is 2. The summed E-state index contributed by atoms with van der Waals surface area (Å²) in [4.78, 5) is 19.1. The lowest BCUT2D eigenvalue weighted by molar-refractivity contribution is -0.112. The summed E-state index contributed by atoms with van der Waals surface area (Å²) in [6.07, 6.45) is 3.74. The molecule has 30 heavy (non-hydrogen) atoms. The summed E-state index contributed by atoms with van der Waals surface area (Å²) in [6, 6.07) is 10.1. The second-order valence-electron chi connectivity index (χ2n) is 7.35. The molecule has 0 radical (unpaired) electrons. The van der Waals surface area contributed by atoms with Crippen molar-refractivity contribution in [3.63, 3.8) is 0 Å². The van der Waals surface area contributed by atoms with Gasteiger partial charge in [-0.15, -0.1) is 0 Å². The number of pyridine rings is 1.